The molecule has 1 fully saturated rings. The van der Waals surface area contributed by atoms with Crippen LogP contribution in [-0.2, 0) is 9.59 Å². The van der Waals surface area contributed by atoms with Crippen LogP contribution in [0.5, 0.6) is 0 Å². The van der Waals surface area contributed by atoms with E-state index in [0.29, 0.717) is 26.4 Å². The first kappa shape index (κ1) is 18.8. The van der Waals surface area contributed by atoms with Crippen molar-refractivity contribution in [2.24, 2.45) is 0 Å². The summed E-state index contributed by atoms with van der Waals surface area (Å²) < 4.78 is 0.423. The van der Waals surface area contributed by atoms with Crippen molar-refractivity contribution in [1.29, 1.82) is 0 Å². The summed E-state index contributed by atoms with van der Waals surface area (Å²) in [6.07, 6.45) is 2.04. The van der Waals surface area contributed by atoms with Crippen molar-refractivity contribution < 1.29 is 14.7 Å². The predicted molar refractivity (Wildman–Crippen MR) is 108 cm³/mol. The van der Waals surface area contributed by atoms with E-state index in [9.17, 15) is 9.59 Å². The largest absolute Gasteiger partial charge is 0.481 e. The molecule has 8 heteroatoms. The monoisotopic (exact) mass is 406 g/mol. The first-order valence-electron chi connectivity index (χ1n) is 7.89. The van der Waals surface area contributed by atoms with Gasteiger partial charge in [-0.3, -0.25) is 14.5 Å². The lowest BCUT2D eigenvalue weighted by Crippen LogP contribution is -2.29. The Hall–Kier alpha value is -1.96. The summed E-state index contributed by atoms with van der Waals surface area (Å²) in [4.78, 5) is 29.5. The van der Waals surface area contributed by atoms with Gasteiger partial charge in [-0.2, -0.15) is 0 Å². The number of rotatable bonds is 5. The smallest absolute Gasteiger partial charge is 0.303 e. The number of amides is 1. The maximum atomic E-state index is 12.6. The maximum absolute atomic E-state index is 12.6. The lowest BCUT2D eigenvalue weighted by atomic mass is 10.1. The molecule has 134 valence electrons. The van der Waals surface area contributed by atoms with Crippen LogP contribution in [-0.4, -0.2) is 37.7 Å². The first-order valence-corrected chi connectivity index (χ1v) is 9.49. The number of thiocarbonyl (C=S) groups is 1. The van der Waals surface area contributed by atoms with E-state index in [1.807, 2.05) is 31.2 Å². The number of thioether (sulfide) groups is 1. The number of aryl methyl sites for hydroxylation is 1. The van der Waals surface area contributed by atoms with Crippen molar-refractivity contribution in [2.75, 3.05) is 6.54 Å². The number of halogens is 1. The average Bonchev–Trinajstić information content (AvgIpc) is 2.83. The summed E-state index contributed by atoms with van der Waals surface area (Å²) in [5.41, 5.74) is 2.55. The fraction of sp³-hybridized carbons (Fsp3) is 0.222. The van der Waals surface area contributed by atoms with E-state index in [-0.39, 0.29) is 18.9 Å². The third kappa shape index (κ3) is 4.06. The van der Waals surface area contributed by atoms with Crippen LogP contribution in [0.3, 0.4) is 0 Å². The van der Waals surface area contributed by atoms with Crippen LogP contribution in [0.1, 0.15) is 24.0 Å². The fourth-order valence-electron chi connectivity index (χ4n) is 2.61. The van der Waals surface area contributed by atoms with Gasteiger partial charge in [0, 0.05) is 23.9 Å². The molecule has 0 spiro atoms. The van der Waals surface area contributed by atoms with E-state index in [1.54, 1.807) is 6.08 Å². The van der Waals surface area contributed by atoms with E-state index < -0.39 is 5.97 Å². The number of fused-ring (bicyclic) bond motifs is 1. The molecule has 2 heterocycles. The topological polar surface area (TPSA) is 70.5 Å². The molecule has 0 saturated carbocycles. The molecule has 0 atom stereocenters. The molecule has 1 saturated heterocycles. The number of hydrogen-bond donors (Lipinski definition) is 1. The minimum absolute atomic E-state index is 0.00409. The average molecular weight is 407 g/mol. The predicted octanol–water partition coefficient (Wildman–Crippen LogP) is 4.26. The molecule has 2 aromatic rings. The highest BCUT2D eigenvalue weighted by Crippen LogP contribution is 2.34. The number of aliphatic carboxylic acids is 1. The number of pyridine rings is 1. The van der Waals surface area contributed by atoms with Gasteiger partial charge in [-0.15, -0.1) is 0 Å². The highest BCUT2D eigenvalue weighted by molar-refractivity contribution is 8.26. The summed E-state index contributed by atoms with van der Waals surface area (Å²) in [7, 11) is 0. The molecule has 1 amide bonds. The number of carbonyl (C=O) groups is 2. The quantitative estimate of drug-likeness (QED) is 0.454. The Bertz CT molecular complexity index is 959. The van der Waals surface area contributed by atoms with E-state index in [4.69, 9.17) is 28.9 Å². The van der Waals surface area contributed by atoms with Crippen molar-refractivity contribution in [3.05, 3.63) is 45.5 Å². The molecular formula is C18H15ClN2O3S2. The van der Waals surface area contributed by atoms with Crippen molar-refractivity contribution in [3.8, 4) is 0 Å². The van der Waals surface area contributed by atoms with E-state index in [1.165, 1.54) is 16.7 Å². The van der Waals surface area contributed by atoms with Gasteiger partial charge in [-0.05, 0) is 37.6 Å². The second-order valence-electron chi connectivity index (χ2n) is 5.90. The van der Waals surface area contributed by atoms with Gasteiger partial charge >= 0.3 is 5.97 Å². The maximum Gasteiger partial charge on any atom is 0.303 e. The van der Waals surface area contributed by atoms with E-state index in [0.717, 1.165) is 16.5 Å². The number of hydrogen-bond acceptors (Lipinski definition) is 5. The normalized spacial score (nSPS) is 16.1. The standard InChI is InChI=1S/C18H15ClN2O3S2/c1-10-4-5-13-11(7-10)8-12(16(19)20-13)9-14-17(24)21(18(25)26-14)6-2-3-15(22)23/h4-5,7-9H,2-3,6H2,1H3,(H,22,23). The van der Waals surface area contributed by atoms with Gasteiger partial charge in [0.2, 0.25) is 0 Å². The summed E-state index contributed by atoms with van der Waals surface area (Å²) in [6, 6.07) is 7.78. The van der Waals surface area contributed by atoms with Crippen LogP contribution in [0.25, 0.3) is 17.0 Å². The SMILES string of the molecule is Cc1ccc2nc(Cl)c(C=C3SC(=S)N(CCCC(=O)O)C3=O)cc2c1. The highest BCUT2D eigenvalue weighted by Gasteiger charge is 2.31. The molecule has 0 aliphatic carbocycles. The second-order valence-corrected chi connectivity index (χ2v) is 7.93. The Kier molecular flexibility index (Phi) is 5.60. The Morgan fingerprint density at radius 1 is 1.42 bits per heavy atom. The molecule has 1 aliphatic heterocycles. The number of carboxylic acid groups (broad SMARTS) is 1. The molecule has 5 nitrogen and oxygen atoms in total. The summed E-state index contributed by atoms with van der Waals surface area (Å²) >= 11 is 12.7. The van der Waals surface area contributed by atoms with Gasteiger partial charge in [0.1, 0.15) is 9.47 Å². The van der Waals surface area contributed by atoms with Crippen LogP contribution in [0.15, 0.2) is 29.2 Å². The van der Waals surface area contributed by atoms with Gasteiger partial charge in [-0.25, -0.2) is 4.98 Å². The van der Waals surface area contributed by atoms with Crippen molar-refractivity contribution in [3.63, 3.8) is 0 Å². The number of nitrogens with zero attached hydrogens (tertiary/aromatic N) is 2. The molecule has 1 aliphatic rings. The minimum Gasteiger partial charge on any atom is -0.481 e. The van der Waals surface area contributed by atoms with Crippen molar-refractivity contribution >= 4 is 68.8 Å². The first-order chi connectivity index (χ1) is 12.3. The molecule has 26 heavy (non-hydrogen) atoms. The lowest BCUT2D eigenvalue weighted by Gasteiger charge is -2.13. The summed E-state index contributed by atoms with van der Waals surface area (Å²) in [5, 5.41) is 9.99. The molecule has 0 unspecified atom stereocenters. The number of carboxylic acids is 1. The van der Waals surface area contributed by atoms with Gasteiger partial charge < -0.3 is 5.11 Å². The van der Waals surface area contributed by atoms with Crippen LogP contribution >= 0.6 is 35.6 Å². The molecule has 1 N–H and O–H groups in total. The van der Waals surface area contributed by atoms with Gasteiger partial charge in [0.25, 0.3) is 5.91 Å². The Balaban J connectivity index is 1.86. The molecule has 0 radical (unpaired) electrons. The molecular weight excluding hydrogens is 392 g/mol. The minimum atomic E-state index is -0.893. The highest BCUT2D eigenvalue weighted by atomic mass is 35.5. The van der Waals surface area contributed by atoms with Crippen LogP contribution in [0.4, 0.5) is 0 Å². The van der Waals surface area contributed by atoms with Gasteiger partial charge in [-0.1, -0.05) is 47.2 Å². The van der Waals surface area contributed by atoms with Crippen molar-refractivity contribution in [1.82, 2.24) is 9.88 Å². The number of aromatic nitrogens is 1. The van der Waals surface area contributed by atoms with Crippen LogP contribution in [0.2, 0.25) is 5.15 Å². The number of benzene rings is 1. The van der Waals surface area contributed by atoms with E-state index >= 15 is 0 Å². The lowest BCUT2D eigenvalue weighted by molar-refractivity contribution is -0.137. The molecule has 3 rings (SSSR count). The van der Waals surface area contributed by atoms with E-state index in [2.05, 4.69) is 4.98 Å². The zero-order valence-corrected chi connectivity index (χ0v) is 16.2. The Labute approximate surface area is 165 Å². The molecule has 0 bridgehead atoms. The number of carbonyl (C=O) groups excluding carboxylic acids is 1. The Morgan fingerprint density at radius 2 is 2.19 bits per heavy atom. The molecule has 1 aromatic carbocycles. The summed E-state index contributed by atoms with van der Waals surface area (Å²) in [5.74, 6) is -1.12. The molecule has 1 aromatic heterocycles. The van der Waals surface area contributed by atoms with Crippen LogP contribution < -0.4 is 0 Å². The summed E-state index contributed by atoms with van der Waals surface area (Å²) in [6.45, 7) is 2.28. The van der Waals surface area contributed by atoms with Gasteiger partial charge in [0.05, 0.1) is 10.4 Å². The third-order valence-corrected chi connectivity index (χ3v) is 5.56. The van der Waals surface area contributed by atoms with Crippen LogP contribution in [0, 0.1) is 6.92 Å². The zero-order valence-electron chi connectivity index (χ0n) is 13.9. The third-order valence-electron chi connectivity index (χ3n) is 3.88. The Morgan fingerprint density at radius 3 is 2.92 bits per heavy atom. The fourth-order valence-corrected chi connectivity index (χ4v) is 4.11. The van der Waals surface area contributed by atoms with Crippen molar-refractivity contribution in [2.45, 2.75) is 19.8 Å². The second kappa shape index (κ2) is 7.73. The van der Waals surface area contributed by atoms with Gasteiger partial charge in [0.15, 0.2) is 0 Å². The zero-order chi connectivity index (χ0) is 18.8.